The van der Waals surface area contributed by atoms with Crippen molar-refractivity contribution in [3.8, 4) is 5.75 Å². The van der Waals surface area contributed by atoms with Gasteiger partial charge in [0.15, 0.2) is 6.61 Å². The lowest BCUT2D eigenvalue weighted by molar-refractivity contribution is -0.866. The number of hydrogen-bond acceptors (Lipinski definition) is 2. The molecule has 1 heterocycles. The molecule has 0 bridgehead atoms. The molecule has 0 N–H and O–H groups in total. The van der Waals surface area contributed by atoms with Gasteiger partial charge >= 0.3 is 0 Å². The number of nitrogens with zero attached hydrogens (tertiary/aromatic N) is 1. The van der Waals surface area contributed by atoms with E-state index in [1.54, 1.807) is 11.3 Å². The number of thiophene rings is 1. The summed E-state index contributed by atoms with van der Waals surface area (Å²) >= 11 is 1.80. The number of para-hydroxylation sites is 1. The van der Waals surface area contributed by atoms with E-state index in [0.29, 0.717) is 6.61 Å². The molecule has 0 radical (unpaired) electrons. The number of likely N-dealkylation sites (N-methyl/N-ethyl adjacent to an activating group) is 1. The summed E-state index contributed by atoms with van der Waals surface area (Å²) in [6.07, 6.45) is 2.25. The van der Waals surface area contributed by atoms with E-state index in [9.17, 15) is 0 Å². The van der Waals surface area contributed by atoms with Crippen LogP contribution in [0.2, 0.25) is 0 Å². The Hall–Kier alpha value is -2.36. The van der Waals surface area contributed by atoms with Crippen molar-refractivity contribution in [2.24, 2.45) is 0 Å². The summed E-state index contributed by atoms with van der Waals surface area (Å²) in [6, 6.07) is 24.8. The molecule has 0 atom stereocenters. The van der Waals surface area contributed by atoms with Gasteiger partial charge in [-0.3, -0.25) is 4.48 Å². The molecular weight excluding hydrogens is 326 g/mol. The molecule has 25 heavy (non-hydrogen) atoms. The van der Waals surface area contributed by atoms with Gasteiger partial charge in [-0.1, -0.05) is 54.6 Å². The fraction of sp³-hybridized carbons (Fsp3) is 0.182. The quantitative estimate of drug-likeness (QED) is 0.515. The van der Waals surface area contributed by atoms with Gasteiger partial charge in [-0.05, 0) is 29.1 Å². The first-order valence-corrected chi connectivity index (χ1v) is 9.31. The van der Waals surface area contributed by atoms with Crippen LogP contribution in [0.25, 0.3) is 6.08 Å². The molecule has 2 nitrogen and oxygen atoms in total. The number of rotatable bonds is 7. The standard InChI is InChI=1S/C22H24NOS/c1-23(2,17-22-14-9-15-25-22)20(16-19-10-5-3-6-11-19)18-24-21-12-7-4-8-13-21/h3-16H,17-18H2,1-2H3/q+1. The summed E-state index contributed by atoms with van der Waals surface area (Å²) in [7, 11) is 4.48. The maximum Gasteiger partial charge on any atom is 0.162 e. The molecule has 0 aliphatic carbocycles. The van der Waals surface area contributed by atoms with Gasteiger partial charge in [0.1, 0.15) is 18.0 Å². The van der Waals surface area contributed by atoms with Crippen LogP contribution in [0.4, 0.5) is 0 Å². The van der Waals surface area contributed by atoms with Crippen molar-refractivity contribution >= 4 is 17.4 Å². The maximum absolute atomic E-state index is 6.07. The van der Waals surface area contributed by atoms with Gasteiger partial charge in [0, 0.05) is 6.08 Å². The highest BCUT2D eigenvalue weighted by molar-refractivity contribution is 7.09. The zero-order valence-electron chi connectivity index (χ0n) is 14.8. The van der Waals surface area contributed by atoms with E-state index in [4.69, 9.17) is 4.74 Å². The molecule has 128 valence electrons. The van der Waals surface area contributed by atoms with Crippen LogP contribution in [0.5, 0.6) is 5.75 Å². The lowest BCUT2D eigenvalue weighted by Crippen LogP contribution is -2.39. The first-order chi connectivity index (χ1) is 12.1. The van der Waals surface area contributed by atoms with Crippen molar-refractivity contribution in [2.75, 3.05) is 20.7 Å². The van der Waals surface area contributed by atoms with Crippen LogP contribution in [-0.2, 0) is 6.54 Å². The molecule has 3 heteroatoms. The fourth-order valence-electron chi connectivity index (χ4n) is 2.70. The topological polar surface area (TPSA) is 9.23 Å². The van der Waals surface area contributed by atoms with Crippen molar-refractivity contribution in [1.82, 2.24) is 0 Å². The first-order valence-electron chi connectivity index (χ1n) is 8.43. The minimum atomic E-state index is 0.567. The molecule has 0 saturated heterocycles. The summed E-state index contributed by atoms with van der Waals surface area (Å²) in [4.78, 5) is 1.38. The zero-order valence-corrected chi connectivity index (χ0v) is 15.6. The van der Waals surface area contributed by atoms with E-state index >= 15 is 0 Å². The van der Waals surface area contributed by atoms with E-state index in [-0.39, 0.29) is 0 Å². The third kappa shape index (κ3) is 5.05. The lowest BCUT2D eigenvalue weighted by atomic mass is 10.1. The van der Waals surface area contributed by atoms with Crippen LogP contribution in [-0.4, -0.2) is 25.2 Å². The lowest BCUT2D eigenvalue weighted by Gasteiger charge is -2.31. The zero-order chi connectivity index (χ0) is 17.5. The molecule has 0 fully saturated rings. The second-order valence-corrected chi connectivity index (χ2v) is 7.60. The molecular formula is C22H24NOS+. The monoisotopic (exact) mass is 350 g/mol. The SMILES string of the molecule is C[N+](C)(Cc1cccs1)C(=Cc1ccccc1)COc1ccccc1. The third-order valence-corrected chi connectivity index (χ3v) is 5.03. The predicted molar refractivity (Wildman–Crippen MR) is 106 cm³/mol. The van der Waals surface area contributed by atoms with Gasteiger partial charge in [-0.15, -0.1) is 11.3 Å². The third-order valence-electron chi connectivity index (χ3n) is 4.17. The number of quaternary nitrogens is 1. The summed E-state index contributed by atoms with van der Waals surface area (Å²) in [5.74, 6) is 0.901. The molecule has 0 unspecified atom stereocenters. The average Bonchev–Trinajstić information content (AvgIpc) is 3.12. The van der Waals surface area contributed by atoms with Gasteiger partial charge in [0.05, 0.1) is 19.0 Å². The van der Waals surface area contributed by atoms with Gasteiger partial charge in [0.2, 0.25) is 0 Å². The van der Waals surface area contributed by atoms with Crippen LogP contribution < -0.4 is 4.74 Å². The Kier molecular flexibility index (Phi) is 5.69. The highest BCUT2D eigenvalue weighted by atomic mass is 32.1. The molecule has 2 aromatic carbocycles. The van der Waals surface area contributed by atoms with E-state index in [0.717, 1.165) is 16.8 Å². The van der Waals surface area contributed by atoms with E-state index in [1.165, 1.54) is 16.1 Å². The first kappa shape index (κ1) is 17.5. The van der Waals surface area contributed by atoms with Crippen LogP contribution in [0, 0.1) is 0 Å². The van der Waals surface area contributed by atoms with Crippen LogP contribution in [0.3, 0.4) is 0 Å². The average molecular weight is 351 g/mol. The number of ether oxygens (including phenoxy) is 1. The molecule has 1 aromatic heterocycles. The Labute approximate surface area is 154 Å². The van der Waals surface area contributed by atoms with Crippen molar-refractivity contribution in [3.05, 3.63) is 94.3 Å². The molecule has 3 rings (SSSR count). The van der Waals surface area contributed by atoms with Crippen molar-refractivity contribution in [3.63, 3.8) is 0 Å². The molecule has 0 aliphatic heterocycles. The Morgan fingerprint density at radius 3 is 2.24 bits per heavy atom. The summed E-state index contributed by atoms with van der Waals surface area (Å²) in [5.41, 5.74) is 2.44. The Balaban J connectivity index is 1.84. The van der Waals surface area contributed by atoms with Crippen molar-refractivity contribution < 1.29 is 9.22 Å². The number of benzene rings is 2. The normalized spacial score (nSPS) is 12.2. The Bertz CT molecular complexity index is 793. The van der Waals surface area contributed by atoms with Crippen molar-refractivity contribution in [2.45, 2.75) is 6.54 Å². The minimum Gasteiger partial charge on any atom is -0.483 e. The highest BCUT2D eigenvalue weighted by Gasteiger charge is 2.24. The molecule has 0 amide bonds. The Morgan fingerprint density at radius 2 is 1.60 bits per heavy atom. The predicted octanol–water partition coefficient (Wildman–Crippen LogP) is 5.44. The summed E-state index contributed by atoms with van der Waals surface area (Å²) < 4.78 is 6.83. The van der Waals surface area contributed by atoms with E-state index < -0.39 is 0 Å². The van der Waals surface area contributed by atoms with Gasteiger partial charge < -0.3 is 4.74 Å². The second-order valence-electron chi connectivity index (χ2n) is 6.57. The number of hydrogen-bond donors (Lipinski definition) is 0. The molecule has 0 saturated carbocycles. The molecule has 0 aliphatic rings. The minimum absolute atomic E-state index is 0.567. The maximum atomic E-state index is 6.07. The van der Waals surface area contributed by atoms with E-state index in [2.05, 4.69) is 61.9 Å². The summed E-state index contributed by atoms with van der Waals surface area (Å²) in [5, 5.41) is 2.14. The smallest absolute Gasteiger partial charge is 0.162 e. The van der Waals surface area contributed by atoms with Gasteiger partial charge in [0.25, 0.3) is 0 Å². The summed E-state index contributed by atoms with van der Waals surface area (Å²) in [6.45, 7) is 1.52. The van der Waals surface area contributed by atoms with E-state index in [1.807, 2.05) is 36.4 Å². The van der Waals surface area contributed by atoms with Gasteiger partial charge in [-0.2, -0.15) is 0 Å². The second kappa shape index (κ2) is 8.15. The van der Waals surface area contributed by atoms with Crippen LogP contribution in [0.1, 0.15) is 10.4 Å². The van der Waals surface area contributed by atoms with Crippen LogP contribution in [0.15, 0.2) is 83.9 Å². The molecule has 0 spiro atoms. The molecule has 3 aromatic rings. The highest BCUT2D eigenvalue weighted by Crippen LogP contribution is 2.23. The Morgan fingerprint density at radius 1 is 0.920 bits per heavy atom. The fourth-order valence-corrected chi connectivity index (χ4v) is 3.59. The van der Waals surface area contributed by atoms with Gasteiger partial charge in [-0.25, -0.2) is 0 Å². The van der Waals surface area contributed by atoms with Crippen molar-refractivity contribution in [1.29, 1.82) is 0 Å². The van der Waals surface area contributed by atoms with Crippen LogP contribution >= 0.6 is 11.3 Å². The largest absolute Gasteiger partial charge is 0.483 e.